The monoisotopic (exact) mass is 354 g/mol. The molecule has 128 valence electrons. The SMILES string of the molecule is CS(=O)(=O)N[C@@H](CC(=O)Nc1ccc(F)cc1)c1ccc(F)cc1. The Morgan fingerprint density at radius 3 is 2.00 bits per heavy atom. The third-order valence-corrected chi connectivity index (χ3v) is 3.86. The van der Waals surface area contributed by atoms with Gasteiger partial charge in [0.25, 0.3) is 0 Å². The van der Waals surface area contributed by atoms with E-state index in [1.54, 1.807) is 0 Å². The summed E-state index contributed by atoms with van der Waals surface area (Å²) < 4.78 is 51.2. The lowest BCUT2D eigenvalue weighted by Crippen LogP contribution is -2.30. The molecule has 2 aromatic rings. The van der Waals surface area contributed by atoms with Crippen LogP contribution in [0, 0.1) is 11.6 Å². The molecule has 0 aromatic heterocycles. The molecule has 0 fully saturated rings. The molecule has 0 saturated carbocycles. The molecule has 1 atom stereocenters. The van der Waals surface area contributed by atoms with Gasteiger partial charge in [-0.05, 0) is 42.0 Å². The summed E-state index contributed by atoms with van der Waals surface area (Å²) >= 11 is 0. The minimum atomic E-state index is -3.58. The van der Waals surface area contributed by atoms with Crippen LogP contribution in [0.25, 0.3) is 0 Å². The minimum absolute atomic E-state index is 0.198. The van der Waals surface area contributed by atoms with Crippen molar-refractivity contribution in [3.8, 4) is 0 Å². The quantitative estimate of drug-likeness (QED) is 0.837. The molecule has 0 saturated heterocycles. The van der Waals surface area contributed by atoms with E-state index < -0.39 is 33.6 Å². The fourth-order valence-corrected chi connectivity index (χ4v) is 2.85. The fraction of sp³-hybridized carbons (Fsp3) is 0.188. The zero-order valence-electron chi connectivity index (χ0n) is 12.8. The molecule has 2 rings (SSSR count). The van der Waals surface area contributed by atoms with Crippen LogP contribution in [0.3, 0.4) is 0 Å². The van der Waals surface area contributed by atoms with Crippen LogP contribution >= 0.6 is 0 Å². The van der Waals surface area contributed by atoms with Crippen LogP contribution in [-0.4, -0.2) is 20.6 Å². The number of hydrogen-bond acceptors (Lipinski definition) is 3. The van der Waals surface area contributed by atoms with E-state index in [0.717, 1.165) is 6.26 Å². The van der Waals surface area contributed by atoms with Gasteiger partial charge in [0.15, 0.2) is 0 Å². The molecule has 5 nitrogen and oxygen atoms in total. The van der Waals surface area contributed by atoms with Crippen molar-refractivity contribution in [1.29, 1.82) is 0 Å². The Morgan fingerprint density at radius 1 is 1.00 bits per heavy atom. The van der Waals surface area contributed by atoms with Crippen LogP contribution in [-0.2, 0) is 14.8 Å². The zero-order chi connectivity index (χ0) is 17.7. The molecule has 0 aliphatic rings. The lowest BCUT2D eigenvalue weighted by Gasteiger charge is -2.18. The van der Waals surface area contributed by atoms with E-state index in [4.69, 9.17) is 0 Å². The summed E-state index contributed by atoms with van der Waals surface area (Å²) in [5.74, 6) is -1.37. The van der Waals surface area contributed by atoms with E-state index in [0.29, 0.717) is 11.3 Å². The van der Waals surface area contributed by atoms with Gasteiger partial charge in [-0.15, -0.1) is 0 Å². The molecule has 0 bridgehead atoms. The Kier molecular flexibility index (Phi) is 5.63. The molecule has 0 radical (unpaired) electrons. The summed E-state index contributed by atoms with van der Waals surface area (Å²) in [6.07, 6.45) is 0.775. The topological polar surface area (TPSA) is 75.3 Å². The Bertz CT molecular complexity index is 806. The van der Waals surface area contributed by atoms with Gasteiger partial charge in [0.1, 0.15) is 11.6 Å². The molecule has 0 heterocycles. The Balaban J connectivity index is 2.13. The Morgan fingerprint density at radius 2 is 1.50 bits per heavy atom. The van der Waals surface area contributed by atoms with E-state index in [1.165, 1.54) is 48.5 Å². The van der Waals surface area contributed by atoms with Crippen molar-refractivity contribution in [1.82, 2.24) is 4.72 Å². The predicted molar refractivity (Wildman–Crippen MR) is 86.8 cm³/mol. The van der Waals surface area contributed by atoms with E-state index >= 15 is 0 Å². The standard InChI is InChI=1S/C16H16F2N2O3S/c1-24(22,23)20-15(11-2-4-12(17)5-3-11)10-16(21)19-14-8-6-13(18)7-9-14/h2-9,15,20H,10H2,1H3,(H,19,21)/t15-/m0/s1. The highest BCUT2D eigenvalue weighted by atomic mass is 32.2. The first-order valence-corrected chi connectivity index (χ1v) is 8.90. The van der Waals surface area contributed by atoms with Crippen molar-refractivity contribution in [2.75, 3.05) is 11.6 Å². The van der Waals surface area contributed by atoms with Crippen molar-refractivity contribution in [3.05, 3.63) is 65.7 Å². The number of carbonyl (C=O) groups excluding carboxylic acids is 1. The Hall–Kier alpha value is -2.32. The van der Waals surface area contributed by atoms with E-state index in [1.807, 2.05) is 0 Å². The molecular weight excluding hydrogens is 338 g/mol. The molecule has 2 N–H and O–H groups in total. The second-order valence-electron chi connectivity index (χ2n) is 5.25. The normalized spacial score (nSPS) is 12.6. The Labute approximate surface area is 138 Å². The maximum Gasteiger partial charge on any atom is 0.226 e. The van der Waals surface area contributed by atoms with Gasteiger partial charge < -0.3 is 5.32 Å². The van der Waals surface area contributed by atoms with E-state index in [2.05, 4.69) is 10.0 Å². The first kappa shape index (κ1) is 18.0. The van der Waals surface area contributed by atoms with Crippen LogP contribution in [0.2, 0.25) is 0 Å². The summed E-state index contributed by atoms with van der Waals surface area (Å²) in [5, 5.41) is 2.55. The highest BCUT2D eigenvalue weighted by molar-refractivity contribution is 7.88. The molecule has 24 heavy (non-hydrogen) atoms. The fourth-order valence-electron chi connectivity index (χ4n) is 2.11. The van der Waals surface area contributed by atoms with Gasteiger partial charge in [0, 0.05) is 12.1 Å². The highest BCUT2D eigenvalue weighted by Crippen LogP contribution is 2.19. The van der Waals surface area contributed by atoms with Crippen LogP contribution in [0.1, 0.15) is 18.0 Å². The minimum Gasteiger partial charge on any atom is -0.326 e. The van der Waals surface area contributed by atoms with Crippen LogP contribution in [0.4, 0.5) is 14.5 Å². The number of rotatable bonds is 6. The van der Waals surface area contributed by atoms with Crippen LogP contribution in [0.5, 0.6) is 0 Å². The van der Waals surface area contributed by atoms with Gasteiger partial charge in [-0.25, -0.2) is 21.9 Å². The van der Waals surface area contributed by atoms with Crippen LogP contribution < -0.4 is 10.0 Å². The van der Waals surface area contributed by atoms with Crippen molar-refractivity contribution < 1.29 is 22.0 Å². The largest absolute Gasteiger partial charge is 0.326 e. The number of halogens is 2. The van der Waals surface area contributed by atoms with Gasteiger partial charge >= 0.3 is 0 Å². The van der Waals surface area contributed by atoms with Crippen molar-refractivity contribution in [2.24, 2.45) is 0 Å². The molecule has 0 spiro atoms. The van der Waals surface area contributed by atoms with Gasteiger partial charge in [-0.2, -0.15) is 0 Å². The average molecular weight is 354 g/mol. The summed E-state index contributed by atoms with van der Waals surface area (Å²) in [4.78, 5) is 12.1. The van der Waals surface area contributed by atoms with Crippen molar-refractivity contribution >= 4 is 21.6 Å². The predicted octanol–water partition coefficient (Wildman–Crippen LogP) is 2.58. The average Bonchev–Trinajstić information content (AvgIpc) is 2.48. The summed E-state index contributed by atoms with van der Waals surface area (Å²) in [6.45, 7) is 0. The molecule has 1 amide bonds. The number of benzene rings is 2. The number of sulfonamides is 1. The second-order valence-corrected chi connectivity index (χ2v) is 7.03. The number of amides is 1. The third kappa shape index (κ3) is 5.71. The highest BCUT2D eigenvalue weighted by Gasteiger charge is 2.20. The third-order valence-electron chi connectivity index (χ3n) is 3.15. The number of nitrogens with one attached hydrogen (secondary N) is 2. The molecule has 0 aliphatic heterocycles. The molecular formula is C16H16F2N2O3S. The van der Waals surface area contributed by atoms with Gasteiger partial charge in [-0.1, -0.05) is 12.1 Å². The molecule has 0 unspecified atom stereocenters. The summed E-state index contributed by atoms with van der Waals surface area (Å²) in [5.41, 5.74) is 0.842. The summed E-state index contributed by atoms with van der Waals surface area (Å²) in [6, 6.07) is 9.51. The summed E-state index contributed by atoms with van der Waals surface area (Å²) in [7, 11) is -3.58. The molecule has 2 aromatic carbocycles. The molecule has 0 aliphatic carbocycles. The number of anilines is 1. The van der Waals surface area contributed by atoms with E-state index in [-0.39, 0.29) is 6.42 Å². The maximum absolute atomic E-state index is 13.0. The first-order chi connectivity index (χ1) is 11.2. The van der Waals surface area contributed by atoms with Crippen LogP contribution in [0.15, 0.2) is 48.5 Å². The smallest absolute Gasteiger partial charge is 0.226 e. The zero-order valence-corrected chi connectivity index (χ0v) is 13.6. The first-order valence-electron chi connectivity index (χ1n) is 7.01. The molecule has 8 heteroatoms. The lowest BCUT2D eigenvalue weighted by molar-refractivity contribution is -0.116. The van der Waals surface area contributed by atoms with Crippen molar-refractivity contribution in [3.63, 3.8) is 0 Å². The maximum atomic E-state index is 13.0. The van der Waals surface area contributed by atoms with Gasteiger partial charge in [-0.3, -0.25) is 4.79 Å². The van der Waals surface area contributed by atoms with Gasteiger partial charge in [0.2, 0.25) is 15.9 Å². The number of carbonyl (C=O) groups is 1. The van der Waals surface area contributed by atoms with Gasteiger partial charge in [0.05, 0.1) is 12.3 Å². The van der Waals surface area contributed by atoms with E-state index in [9.17, 15) is 22.0 Å². The lowest BCUT2D eigenvalue weighted by atomic mass is 10.0. The second kappa shape index (κ2) is 7.50. The van der Waals surface area contributed by atoms with Crippen molar-refractivity contribution in [2.45, 2.75) is 12.5 Å². The number of hydrogen-bond donors (Lipinski definition) is 2.